The SMILES string of the molecule is CCOC(=O)C(CNC(=O)c1ccc2c(c1)OCO2)Cc1ccccc1. The molecule has 26 heavy (non-hydrogen) atoms. The molecule has 1 unspecified atom stereocenters. The fraction of sp³-hybridized carbons (Fsp3) is 0.300. The smallest absolute Gasteiger partial charge is 0.311 e. The number of amides is 1. The summed E-state index contributed by atoms with van der Waals surface area (Å²) >= 11 is 0. The Morgan fingerprint density at radius 1 is 1.12 bits per heavy atom. The van der Waals surface area contributed by atoms with E-state index in [-0.39, 0.29) is 25.2 Å². The van der Waals surface area contributed by atoms with E-state index in [1.807, 2.05) is 30.3 Å². The Morgan fingerprint density at radius 2 is 1.88 bits per heavy atom. The number of nitrogens with one attached hydrogen (secondary N) is 1. The maximum Gasteiger partial charge on any atom is 0.311 e. The molecule has 6 heteroatoms. The summed E-state index contributed by atoms with van der Waals surface area (Å²) in [6.07, 6.45) is 0.501. The van der Waals surface area contributed by atoms with Gasteiger partial charge in [0.25, 0.3) is 5.91 Å². The van der Waals surface area contributed by atoms with Gasteiger partial charge in [0.2, 0.25) is 6.79 Å². The number of ether oxygens (including phenoxy) is 3. The number of esters is 1. The van der Waals surface area contributed by atoms with Crippen molar-refractivity contribution < 1.29 is 23.8 Å². The minimum atomic E-state index is -0.449. The first-order valence-corrected chi connectivity index (χ1v) is 8.55. The van der Waals surface area contributed by atoms with Crippen LogP contribution in [0, 0.1) is 5.92 Å². The number of rotatable bonds is 7. The summed E-state index contributed by atoms with van der Waals surface area (Å²) in [5.74, 6) is 0.127. The normalized spacial score (nSPS) is 13.1. The lowest BCUT2D eigenvalue weighted by atomic mass is 9.99. The lowest BCUT2D eigenvalue weighted by molar-refractivity contribution is -0.147. The second kappa shape index (κ2) is 8.38. The molecule has 0 aromatic heterocycles. The molecule has 0 radical (unpaired) electrons. The van der Waals surface area contributed by atoms with Crippen molar-refractivity contribution in [3.8, 4) is 11.5 Å². The second-order valence-corrected chi connectivity index (χ2v) is 5.92. The van der Waals surface area contributed by atoms with Gasteiger partial charge in [0, 0.05) is 12.1 Å². The zero-order valence-corrected chi connectivity index (χ0v) is 14.6. The van der Waals surface area contributed by atoms with Crippen molar-refractivity contribution in [1.82, 2.24) is 5.32 Å². The van der Waals surface area contributed by atoms with Gasteiger partial charge in [-0.1, -0.05) is 30.3 Å². The largest absolute Gasteiger partial charge is 0.466 e. The van der Waals surface area contributed by atoms with Crippen LogP contribution in [-0.4, -0.2) is 31.8 Å². The van der Waals surface area contributed by atoms with Crippen LogP contribution in [0.25, 0.3) is 0 Å². The first kappa shape index (κ1) is 17.8. The van der Waals surface area contributed by atoms with Gasteiger partial charge in [-0.15, -0.1) is 0 Å². The quantitative estimate of drug-likeness (QED) is 0.773. The lowest BCUT2D eigenvalue weighted by Gasteiger charge is -2.16. The van der Waals surface area contributed by atoms with Gasteiger partial charge >= 0.3 is 5.97 Å². The maximum atomic E-state index is 12.4. The van der Waals surface area contributed by atoms with E-state index in [9.17, 15) is 9.59 Å². The molecule has 6 nitrogen and oxygen atoms in total. The first-order chi connectivity index (χ1) is 12.7. The Kier molecular flexibility index (Phi) is 5.73. The Bertz CT molecular complexity index is 775. The number of benzene rings is 2. The van der Waals surface area contributed by atoms with E-state index >= 15 is 0 Å². The van der Waals surface area contributed by atoms with E-state index in [2.05, 4.69) is 5.32 Å². The van der Waals surface area contributed by atoms with E-state index in [1.165, 1.54) is 0 Å². The van der Waals surface area contributed by atoms with Crippen LogP contribution in [0.4, 0.5) is 0 Å². The van der Waals surface area contributed by atoms with Crippen molar-refractivity contribution in [3.05, 3.63) is 59.7 Å². The van der Waals surface area contributed by atoms with Crippen LogP contribution in [-0.2, 0) is 16.0 Å². The van der Waals surface area contributed by atoms with Crippen molar-refractivity contribution in [2.24, 2.45) is 5.92 Å². The summed E-state index contributed by atoms with van der Waals surface area (Å²) in [6.45, 7) is 2.42. The van der Waals surface area contributed by atoms with Crippen LogP contribution in [0.3, 0.4) is 0 Å². The van der Waals surface area contributed by atoms with Crippen LogP contribution in [0.1, 0.15) is 22.8 Å². The molecule has 1 aliphatic rings. The zero-order chi connectivity index (χ0) is 18.4. The highest BCUT2D eigenvalue weighted by atomic mass is 16.7. The van der Waals surface area contributed by atoms with E-state index in [0.29, 0.717) is 30.1 Å². The highest BCUT2D eigenvalue weighted by molar-refractivity contribution is 5.95. The number of fused-ring (bicyclic) bond motifs is 1. The van der Waals surface area contributed by atoms with Crippen LogP contribution in [0.2, 0.25) is 0 Å². The van der Waals surface area contributed by atoms with E-state index in [4.69, 9.17) is 14.2 Å². The molecule has 1 N–H and O–H groups in total. The Balaban J connectivity index is 1.64. The summed E-state index contributed by atoms with van der Waals surface area (Å²) < 4.78 is 15.7. The summed E-state index contributed by atoms with van der Waals surface area (Å²) in [7, 11) is 0. The zero-order valence-electron chi connectivity index (χ0n) is 14.6. The number of hydrogen-bond donors (Lipinski definition) is 1. The molecule has 2 aromatic rings. The summed E-state index contributed by atoms with van der Waals surface area (Å²) in [6, 6.07) is 14.7. The predicted molar refractivity (Wildman–Crippen MR) is 95.2 cm³/mol. The monoisotopic (exact) mass is 355 g/mol. The first-order valence-electron chi connectivity index (χ1n) is 8.55. The van der Waals surface area contributed by atoms with Crippen molar-refractivity contribution in [2.45, 2.75) is 13.3 Å². The molecule has 1 amide bonds. The van der Waals surface area contributed by atoms with Crippen molar-refractivity contribution in [2.75, 3.05) is 19.9 Å². The number of carbonyl (C=O) groups is 2. The highest BCUT2D eigenvalue weighted by Crippen LogP contribution is 2.32. The fourth-order valence-electron chi connectivity index (χ4n) is 2.75. The topological polar surface area (TPSA) is 73.9 Å². The molecule has 0 bridgehead atoms. The third kappa shape index (κ3) is 4.33. The summed E-state index contributed by atoms with van der Waals surface area (Å²) in [4.78, 5) is 24.7. The van der Waals surface area contributed by atoms with Gasteiger partial charge in [0.1, 0.15) is 0 Å². The van der Waals surface area contributed by atoms with Gasteiger partial charge in [-0.2, -0.15) is 0 Å². The highest BCUT2D eigenvalue weighted by Gasteiger charge is 2.22. The van der Waals surface area contributed by atoms with E-state index < -0.39 is 5.92 Å². The van der Waals surface area contributed by atoms with Crippen molar-refractivity contribution >= 4 is 11.9 Å². The van der Waals surface area contributed by atoms with E-state index in [0.717, 1.165) is 5.56 Å². The molecule has 3 rings (SSSR count). The Labute approximate surface area is 152 Å². The molecule has 1 atom stereocenters. The van der Waals surface area contributed by atoms with Gasteiger partial charge in [-0.05, 0) is 37.1 Å². The molecular weight excluding hydrogens is 334 g/mol. The van der Waals surface area contributed by atoms with Gasteiger partial charge in [0.05, 0.1) is 12.5 Å². The maximum absolute atomic E-state index is 12.4. The molecule has 2 aromatic carbocycles. The molecule has 1 aliphatic heterocycles. The second-order valence-electron chi connectivity index (χ2n) is 5.92. The summed E-state index contributed by atoms with van der Waals surface area (Å²) in [5.41, 5.74) is 1.47. The third-order valence-electron chi connectivity index (χ3n) is 4.09. The van der Waals surface area contributed by atoms with E-state index in [1.54, 1.807) is 25.1 Å². The minimum Gasteiger partial charge on any atom is -0.466 e. The van der Waals surface area contributed by atoms with Crippen LogP contribution in [0.15, 0.2) is 48.5 Å². The molecule has 0 aliphatic carbocycles. The van der Waals surface area contributed by atoms with Gasteiger partial charge < -0.3 is 19.5 Å². The molecule has 0 spiro atoms. The molecule has 0 fully saturated rings. The fourth-order valence-corrected chi connectivity index (χ4v) is 2.75. The molecule has 0 saturated heterocycles. The van der Waals surface area contributed by atoms with Crippen LogP contribution >= 0.6 is 0 Å². The van der Waals surface area contributed by atoms with Gasteiger partial charge in [0.15, 0.2) is 11.5 Å². The molecule has 1 heterocycles. The predicted octanol–water partition coefficient (Wildman–Crippen LogP) is 2.57. The standard InChI is InChI=1S/C20H21NO5/c1-2-24-20(23)16(10-14-6-4-3-5-7-14)12-21-19(22)15-8-9-17-18(11-15)26-13-25-17/h3-9,11,16H,2,10,12-13H2,1H3,(H,21,22). The molecule has 136 valence electrons. The number of hydrogen-bond acceptors (Lipinski definition) is 5. The Morgan fingerprint density at radius 3 is 2.65 bits per heavy atom. The van der Waals surface area contributed by atoms with Crippen LogP contribution in [0.5, 0.6) is 11.5 Å². The van der Waals surface area contributed by atoms with Crippen molar-refractivity contribution in [1.29, 1.82) is 0 Å². The molecule has 0 saturated carbocycles. The average molecular weight is 355 g/mol. The van der Waals surface area contributed by atoms with Crippen molar-refractivity contribution in [3.63, 3.8) is 0 Å². The summed E-state index contributed by atoms with van der Waals surface area (Å²) in [5, 5.41) is 2.81. The average Bonchev–Trinajstić information content (AvgIpc) is 3.13. The van der Waals surface area contributed by atoms with Gasteiger partial charge in [-0.3, -0.25) is 9.59 Å². The van der Waals surface area contributed by atoms with Crippen LogP contribution < -0.4 is 14.8 Å². The third-order valence-corrected chi connectivity index (χ3v) is 4.09. The Hall–Kier alpha value is -3.02. The van der Waals surface area contributed by atoms with Gasteiger partial charge in [-0.25, -0.2) is 0 Å². The number of carbonyl (C=O) groups excluding carboxylic acids is 2. The minimum absolute atomic E-state index is 0.155. The lowest BCUT2D eigenvalue weighted by Crippen LogP contribution is -2.35. The molecular formula is C20H21NO5.